The van der Waals surface area contributed by atoms with E-state index in [1.54, 1.807) is 0 Å². The lowest BCUT2D eigenvalue weighted by molar-refractivity contribution is 0.0144. The fourth-order valence-electron chi connectivity index (χ4n) is 2.58. The minimum Gasteiger partial charge on any atom is -0.395 e. The smallest absolute Gasteiger partial charge is 0.276 e. The molecular formula is C14H24N4O2. The number of rotatable bonds is 4. The first-order valence-electron chi connectivity index (χ1n) is 7.29. The third-order valence-corrected chi connectivity index (χ3v) is 3.74. The van der Waals surface area contributed by atoms with Crippen molar-refractivity contribution in [2.24, 2.45) is 0 Å². The third-order valence-electron chi connectivity index (χ3n) is 3.74. The van der Waals surface area contributed by atoms with Gasteiger partial charge >= 0.3 is 0 Å². The molecule has 112 valence electrons. The topological polar surface area (TPSA) is 84.2 Å². The minimum atomic E-state index is -0.0828. The van der Waals surface area contributed by atoms with Gasteiger partial charge in [-0.1, -0.05) is 13.8 Å². The van der Waals surface area contributed by atoms with Gasteiger partial charge in [-0.25, -0.2) is 0 Å². The zero-order valence-electron chi connectivity index (χ0n) is 12.5. The van der Waals surface area contributed by atoms with Crippen molar-refractivity contribution in [3.8, 4) is 0 Å². The zero-order chi connectivity index (χ0) is 14.7. The van der Waals surface area contributed by atoms with E-state index in [0.717, 1.165) is 25.1 Å². The molecule has 2 rings (SSSR count). The highest BCUT2D eigenvalue weighted by atomic mass is 16.5. The van der Waals surface area contributed by atoms with Gasteiger partial charge in [-0.2, -0.15) is 5.10 Å². The Morgan fingerprint density at radius 2 is 2.15 bits per heavy atom. The van der Waals surface area contributed by atoms with Crippen molar-refractivity contribution in [1.29, 1.82) is 0 Å². The molecular weight excluding hydrogens is 256 g/mol. The Hall–Kier alpha value is -1.56. The summed E-state index contributed by atoms with van der Waals surface area (Å²) in [5.74, 6) is 0.147. The molecule has 0 radical (unpaired) electrons. The number of amides is 1. The summed E-state index contributed by atoms with van der Waals surface area (Å²) >= 11 is 0. The van der Waals surface area contributed by atoms with Crippen LogP contribution in [0.1, 0.15) is 55.7 Å². The van der Waals surface area contributed by atoms with Crippen LogP contribution in [0.4, 0.5) is 5.69 Å². The molecule has 2 heterocycles. The zero-order valence-corrected chi connectivity index (χ0v) is 12.5. The Kier molecular flexibility index (Phi) is 4.65. The van der Waals surface area contributed by atoms with E-state index in [2.05, 4.69) is 10.2 Å². The van der Waals surface area contributed by atoms with Gasteiger partial charge in [0.2, 0.25) is 0 Å². The Morgan fingerprint density at radius 3 is 2.65 bits per heavy atom. The van der Waals surface area contributed by atoms with Gasteiger partial charge in [0.15, 0.2) is 5.69 Å². The number of carbonyl (C=O) groups is 1. The molecule has 20 heavy (non-hydrogen) atoms. The van der Waals surface area contributed by atoms with E-state index in [4.69, 9.17) is 10.5 Å². The van der Waals surface area contributed by atoms with Crippen molar-refractivity contribution in [2.75, 3.05) is 25.4 Å². The minimum absolute atomic E-state index is 0.0828. The van der Waals surface area contributed by atoms with Crippen LogP contribution in [-0.4, -0.2) is 46.8 Å². The number of carbonyl (C=O) groups excluding carboxylic acids is 1. The van der Waals surface area contributed by atoms with Gasteiger partial charge in [-0.3, -0.25) is 9.89 Å². The molecule has 0 spiro atoms. The number of aromatic nitrogens is 2. The van der Waals surface area contributed by atoms with E-state index in [9.17, 15) is 4.79 Å². The first kappa shape index (κ1) is 14.8. The van der Waals surface area contributed by atoms with Crippen LogP contribution in [0, 0.1) is 0 Å². The van der Waals surface area contributed by atoms with Crippen LogP contribution in [0.5, 0.6) is 0 Å². The predicted octanol–water partition coefficient (Wildman–Crippen LogP) is 1.76. The van der Waals surface area contributed by atoms with E-state index in [1.807, 2.05) is 25.7 Å². The monoisotopic (exact) mass is 280 g/mol. The fraction of sp³-hybridized carbons (Fsp3) is 0.714. The third kappa shape index (κ3) is 2.95. The summed E-state index contributed by atoms with van der Waals surface area (Å²) < 4.78 is 5.59. The second-order valence-corrected chi connectivity index (χ2v) is 5.50. The maximum atomic E-state index is 12.4. The van der Waals surface area contributed by atoms with Crippen LogP contribution >= 0.6 is 0 Å². The second kappa shape index (κ2) is 6.26. The number of nitrogens with two attached hydrogens (primary N) is 1. The standard InChI is InChI=1S/C14H24N4O2/c1-4-20-10-5-7-18(8-6-10)14(19)13-11(15)12(9(2)3)16-17-13/h9-10H,4-8,15H2,1-3H3,(H,16,17). The molecule has 3 N–H and O–H groups in total. The van der Waals surface area contributed by atoms with Gasteiger partial charge < -0.3 is 15.4 Å². The molecule has 1 fully saturated rings. The summed E-state index contributed by atoms with van der Waals surface area (Å²) in [6.07, 6.45) is 2.02. The molecule has 0 bridgehead atoms. The number of anilines is 1. The number of nitrogens with one attached hydrogen (secondary N) is 1. The van der Waals surface area contributed by atoms with E-state index in [0.29, 0.717) is 24.5 Å². The summed E-state index contributed by atoms with van der Waals surface area (Å²) in [4.78, 5) is 14.3. The highest BCUT2D eigenvalue weighted by Crippen LogP contribution is 2.24. The summed E-state index contributed by atoms with van der Waals surface area (Å²) in [6.45, 7) is 8.16. The van der Waals surface area contributed by atoms with Crippen LogP contribution in [0.3, 0.4) is 0 Å². The molecule has 1 aromatic heterocycles. The fourth-order valence-corrected chi connectivity index (χ4v) is 2.58. The van der Waals surface area contributed by atoms with E-state index in [1.165, 1.54) is 0 Å². The summed E-state index contributed by atoms with van der Waals surface area (Å²) in [5, 5.41) is 6.97. The van der Waals surface area contributed by atoms with Crippen LogP contribution < -0.4 is 5.73 Å². The molecule has 0 atom stereocenters. The lowest BCUT2D eigenvalue weighted by atomic mass is 10.1. The van der Waals surface area contributed by atoms with Gasteiger partial charge in [0.05, 0.1) is 17.5 Å². The summed E-state index contributed by atoms with van der Waals surface area (Å²) in [5.41, 5.74) is 7.69. The summed E-state index contributed by atoms with van der Waals surface area (Å²) in [7, 11) is 0. The Morgan fingerprint density at radius 1 is 1.50 bits per heavy atom. The van der Waals surface area contributed by atoms with Crippen molar-refractivity contribution in [1.82, 2.24) is 15.1 Å². The number of nitrogen functional groups attached to an aromatic ring is 1. The largest absolute Gasteiger partial charge is 0.395 e. The molecule has 1 aromatic rings. The molecule has 0 aromatic carbocycles. The average molecular weight is 280 g/mol. The second-order valence-electron chi connectivity index (χ2n) is 5.50. The molecule has 1 aliphatic heterocycles. The maximum Gasteiger partial charge on any atom is 0.276 e. The lowest BCUT2D eigenvalue weighted by Gasteiger charge is -2.31. The van der Waals surface area contributed by atoms with Gasteiger partial charge in [-0.05, 0) is 25.7 Å². The molecule has 1 saturated heterocycles. The Labute approximate surface area is 119 Å². The van der Waals surface area contributed by atoms with E-state index >= 15 is 0 Å². The number of hydrogen-bond acceptors (Lipinski definition) is 4. The molecule has 0 aliphatic carbocycles. The predicted molar refractivity (Wildman–Crippen MR) is 77.6 cm³/mol. The first-order chi connectivity index (χ1) is 9.54. The number of aromatic amines is 1. The number of hydrogen-bond donors (Lipinski definition) is 2. The van der Waals surface area contributed by atoms with Crippen molar-refractivity contribution in [3.63, 3.8) is 0 Å². The first-order valence-corrected chi connectivity index (χ1v) is 7.29. The molecule has 1 amide bonds. The van der Waals surface area contributed by atoms with Crippen LogP contribution in [0.25, 0.3) is 0 Å². The van der Waals surface area contributed by atoms with Gasteiger partial charge in [0.1, 0.15) is 0 Å². The van der Waals surface area contributed by atoms with Crippen molar-refractivity contribution < 1.29 is 9.53 Å². The number of nitrogens with zero attached hydrogens (tertiary/aromatic N) is 2. The van der Waals surface area contributed by atoms with E-state index < -0.39 is 0 Å². The number of piperidine rings is 1. The number of H-pyrrole nitrogens is 1. The van der Waals surface area contributed by atoms with Crippen LogP contribution in [0.2, 0.25) is 0 Å². The SMILES string of the molecule is CCOC1CCN(C(=O)c2n[nH]c(C(C)C)c2N)CC1. The van der Waals surface area contributed by atoms with Gasteiger partial charge in [0, 0.05) is 19.7 Å². The van der Waals surface area contributed by atoms with Gasteiger partial charge in [0.25, 0.3) is 5.91 Å². The van der Waals surface area contributed by atoms with Crippen molar-refractivity contribution in [2.45, 2.75) is 45.6 Å². The lowest BCUT2D eigenvalue weighted by Crippen LogP contribution is -2.41. The summed E-state index contributed by atoms with van der Waals surface area (Å²) in [6, 6.07) is 0. The molecule has 0 unspecified atom stereocenters. The Bertz CT molecular complexity index is 462. The molecule has 0 saturated carbocycles. The van der Waals surface area contributed by atoms with Crippen molar-refractivity contribution >= 4 is 11.6 Å². The molecule has 6 nitrogen and oxygen atoms in total. The van der Waals surface area contributed by atoms with Crippen LogP contribution in [-0.2, 0) is 4.74 Å². The Balaban J connectivity index is 2.02. The normalized spacial score (nSPS) is 16.9. The average Bonchev–Trinajstić information content (AvgIpc) is 2.81. The molecule has 6 heteroatoms. The maximum absolute atomic E-state index is 12.4. The highest BCUT2D eigenvalue weighted by Gasteiger charge is 2.27. The quantitative estimate of drug-likeness (QED) is 0.880. The highest BCUT2D eigenvalue weighted by molar-refractivity contribution is 5.97. The molecule has 1 aliphatic rings. The number of likely N-dealkylation sites (tertiary alicyclic amines) is 1. The van der Waals surface area contributed by atoms with Gasteiger partial charge in [-0.15, -0.1) is 0 Å². The van der Waals surface area contributed by atoms with Crippen LogP contribution in [0.15, 0.2) is 0 Å². The number of ether oxygens (including phenoxy) is 1. The van der Waals surface area contributed by atoms with E-state index in [-0.39, 0.29) is 17.9 Å². The van der Waals surface area contributed by atoms with Crippen molar-refractivity contribution in [3.05, 3.63) is 11.4 Å².